The van der Waals surface area contributed by atoms with Gasteiger partial charge in [0.25, 0.3) is 0 Å². The van der Waals surface area contributed by atoms with Gasteiger partial charge in [-0.05, 0) is 5.56 Å². The molecule has 0 atom stereocenters. The predicted octanol–water partition coefficient (Wildman–Crippen LogP) is 2.08. The topological polar surface area (TPSA) is 99.0 Å². The number of amides is 1. The minimum absolute atomic E-state index is 0.00408. The van der Waals surface area contributed by atoms with Crippen molar-refractivity contribution in [1.82, 2.24) is 5.48 Å². The second-order valence-electron chi connectivity index (χ2n) is 4.39. The van der Waals surface area contributed by atoms with Crippen molar-refractivity contribution in [2.45, 2.75) is 6.92 Å². The first kappa shape index (κ1) is 16.2. The minimum Gasteiger partial charge on any atom is -0.478 e. The molecular weight excluding hydrogens is 304 g/mol. The normalized spacial score (nSPS) is 18.3. The maximum absolute atomic E-state index is 11.6. The van der Waals surface area contributed by atoms with E-state index in [-0.39, 0.29) is 17.2 Å². The Morgan fingerprint density at radius 1 is 1.32 bits per heavy atom. The molecule has 0 saturated carbocycles. The van der Waals surface area contributed by atoms with Crippen molar-refractivity contribution in [3.05, 3.63) is 52.4 Å². The van der Waals surface area contributed by atoms with Crippen LogP contribution in [0.3, 0.4) is 0 Å². The van der Waals surface area contributed by atoms with Crippen LogP contribution in [0.5, 0.6) is 0 Å². The van der Waals surface area contributed by atoms with Crippen LogP contribution in [0, 0.1) is 0 Å². The van der Waals surface area contributed by atoms with Gasteiger partial charge < -0.3 is 10.3 Å². The van der Waals surface area contributed by atoms with Gasteiger partial charge in [0.15, 0.2) is 0 Å². The number of hydrogen-bond acceptors (Lipinski definition) is 5. The van der Waals surface area contributed by atoms with Gasteiger partial charge in [-0.25, -0.2) is 15.3 Å². The summed E-state index contributed by atoms with van der Waals surface area (Å²) in [5, 5.41) is 18.4. The quantitative estimate of drug-likeness (QED) is 0.735. The Morgan fingerprint density at radius 2 is 2.00 bits per heavy atom. The second-order valence-corrected chi connectivity index (χ2v) is 5.42. The van der Waals surface area contributed by atoms with E-state index in [0.717, 1.165) is 11.8 Å². The van der Waals surface area contributed by atoms with Crippen molar-refractivity contribution in [2.75, 3.05) is 6.54 Å². The van der Waals surface area contributed by atoms with E-state index in [9.17, 15) is 14.7 Å². The molecule has 1 aliphatic heterocycles. The zero-order valence-electron chi connectivity index (χ0n) is 11.7. The largest absolute Gasteiger partial charge is 0.478 e. The Hall–Kier alpha value is -2.22. The average Bonchev–Trinajstić information content (AvgIpc) is 2.83. The van der Waals surface area contributed by atoms with Gasteiger partial charge in [0.2, 0.25) is 5.91 Å². The Balaban J connectivity index is 2.66. The number of nitrogens with one attached hydrogen (secondary N) is 1. The summed E-state index contributed by atoms with van der Waals surface area (Å²) >= 11 is 1.10. The molecule has 7 heteroatoms. The molecule has 0 unspecified atom stereocenters. The molecule has 1 heterocycles. The maximum atomic E-state index is 11.6. The standard InChI is InChI=1S/C15H14N2O4S/c1-9(18)17-14-13(15(19)20)12(10-5-3-2-4-6-10)11(22-14)7-8-16-21/h2-7,16,21H,8H2,1H3,(H,19,20). The van der Waals surface area contributed by atoms with Crippen LogP contribution in [-0.2, 0) is 9.59 Å². The molecule has 1 aliphatic rings. The number of aliphatic imine (C=N–C) groups is 1. The second kappa shape index (κ2) is 7.17. The molecule has 1 aromatic rings. The van der Waals surface area contributed by atoms with Gasteiger partial charge in [-0.2, -0.15) is 0 Å². The number of aliphatic carboxylic acids is 1. The van der Waals surface area contributed by atoms with Crippen LogP contribution in [0.2, 0.25) is 0 Å². The summed E-state index contributed by atoms with van der Waals surface area (Å²) in [5.41, 5.74) is 3.20. The third-order valence-electron chi connectivity index (χ3n) is 2.83. The summed E-state index contributed by atoms with van der Waals surface area (Å²) in [5.74, 6) is -1.61. The first-order valence-electron chi connectivity index (χ1n) is 6.42. The summed E-state index contributed by atoms with van der Waals surface area (Å²) in [7, 11) is 0. The van der Waals surface area contributed by atoms with Gasteiger partial charge in [0.05, 0.1) is 0 Å². The highest BCUT2D eigenvalue weighted by molar-refractivity contribution is 8.18. The van der Waals surface area contributed by atoms with E-state index in [0.29, 0.717) is 16.0 Å². The van der Waals surface area contributed by atoms with E-state index in [1.165, 1.54) is 6.92 Å². The lowest BCUT2D eigenvalue weighted by Gasteiger charge is -2.05. The molecule has 0 fully saturated rings. The number of carbonyl (C=O) groups is 2. The zero-order chi connectivity index (χ0) is 16.1. The van der Waals surface area contributed by atoms with Crippen LogP contribution in [0.1, 0.15) is 12.5 Å². The molecule has 114 valence electrons. The van der Waals surface area contributed by atoms with Gasteiger partial charge in [-0.15, -0.1) is 0 Å². The summed E-state index contributed by atoms with van der Waals surface area (Å²) in [4.78, 5) is 27.3. The van der Waals surface area contributed by atoms with Crippen molar-refractivity contribution in [3.8, 4) is 0 Å². The van der Waals surface area contributed by atoms with E-state index in [2.05, 4.69) is 4.99 Å². The van der Waals surface area contributed by atoms with Crippen LogP contribution in [0.15, 0.2) is 51.9 Å². The molecule has 2 rings (SSSR count). The average molecular weight is 318 g/mol. The zero-order valence-corrected chi connectivity index (χ0v) is 12.6. The lowest BCUT2D eigenvalue weighted by molar-refractivity contribution is -0.131. The molecule has 6 nitrogen and oxygen atoms in total. The molecular formula is C15H14N2O4S. The number of carboxylic acid groups (broad SMARTS) is 1. The van der Waals surface area contributed by atoms with Crippen LogP contribution in [0.25, 0.3) is 5.57 Å². The Labute approximate surface area is 131 Å². The third kappa shape index (κ3) is 3.51. The van der Waals surface area contributed by atoms with Crippen molar-refractivity contribution in [2.24, 2.45) is 4.99 Å². The molecule has 22 heavy (non-hydrogen) atoms. The number of hydrogen-bond donors (Lipinski definition) is 3. The minimum atomic E-state index is -1.15. The number of allylic oxidation sites excluding steroid dienone is 1. The predicted molar refractivity (Wildman–Crippen MR) is 84.6 cm³/mol. The van der Waals surface area contributed by atoms with E-state index in [1.54, 1.807) is 30.3 Å². The van der Waals surface area contributed by atoms with Crippen molar-refractivity contribution >= 4 is 34.3 Å². The summed E-state index contributed by atoms with van der Waals surface area (Å²) in [6.07, 6.45) is 1.65. The SMILES string of the molecule is CC(=O)N=C1SC(=CCNO)C(c2ccccc2)=C1C(=O)O. The number of carbonyl (C=O) groups excluding carboxylic acids is 1. The third-order valence-corrected chi connectivity index (χ3v) is 3.91. The van der Waals surface area contributed by atoms with Gasteiger partial charge in [0.1, 0.15) is 10.6 Å². The monoisotopic (exact) mass is 318 g/mol. The summed E-state index contributed by atoms with van der Waals surface area (Å²) in [6, 6.07) is 9.00. The van der Waals surface area contributed by atoms with E-state index in [4.69, 9.17) is 5.21 Å². The molecule has 0 radical (unpaired) electrons. The van der Waals surface area contributed by atoms with E-state index in [1.807, 2.05) is 11.5 Å². The van der Waals surface area contributed by atoms with Crippen molar-refractivity contribution < 1.29 is 19.9 Å². The summed E-state index contributed by atoms with van der Waals surface area (Å²) < 4.78 is 0. The highest BCUT2D eigenvalue weighted by atomic mass is 32.2. The first-order valence-corrected chi connectivity index (χ1v) is 7.24. The van der Waals surface area contributed by atoms with Gasteiger partial charge in [-0.1, -0.05) is 48.2 Å². The molecule has 0 bridgehead atoms. The number of rotatable bonds is 4. The number of benzene rings is 1. The van der Waals surface area contributed by atoms with Crippen LogP contribution >= 0.6 is 11.8 Å². The molecule has 0 aromatic heterocycles. The van der Waals surface area contributed by atoms with E-state index >= 15 is 0 Å². The van der Waals surface area contributed by atoms with Crippen molar-refractivity contribution in [3.63, 3.8) is 0 Å². The number of thioether (sulfide) groups is 1. The molecule has 0 aliphatic carbocycles. The van der Waals surface area contributed by atoms with E-state index < -0.39 is 11.9 Å². The lowest BCUT2D eigenvalue weighted by atomic mass is 9.99. The number of carboxylic acids is 1. The highest BCUT2D eigenvalue weighted by Gasteiger charge is 2.32. The fraction of sp³-hybridized carbons (Fsp3) is 0.133. The molecule has 1 amide bonds. The van der Waals surface area contributed by atoms with Gasteiger partial charge in [0, 0.05) is 23.9 Å². The Kier molecular flexibility index (Phi) is 5.26. The Morgan fingerprint density at radius 3 is 2.55 bits per heavy atom. The van der Waals surface area contributed by atoms with Crippen LogP contribution in [-0.4, -0.2) is 33.8 Å². The molecule has 3 N–H and O–H groups in total. The van der Waals surface area contributed by atoms with Crippen LogP contribution < -0.4 is 5.48 Å². The van der Waals surface area contributed by atoms with Gasteiger partial charge in [-0.3, -0.25) is 4.79 Å². The lowest BCUT2D eigenvalue weighted by Crippen LogP contribution is -2.09. The fourth-order valence-corrected chi connectivity index (χ4v) is 3.19. The fourth-order valence-electron chi connectivity index (χ4n) is 2.03. The Bertz CT molecular complexity index is 693. The number of hydroxylamine groups is 1. The molecule has 0 saturated heterocycles. The summed E-state index contributed by atoms with van der Waals surface area (Å²) in [6.45, 7) is 1.42. The number of nitrogens with zero attached hydrogens (tertiary/aromatic N) is 1. The van der Waals surface area contributed by atoms with Crippen LogP contribution in [0.4, 0.5) is 0 Å². The smallest absolute Gasteiger partial charge is 0.339 e. The maximum Gasteiger partial charge on any atom is 0.339 e. The first-order chi connectivity index (χ1) is 10.5. The molecule has 1 aromatic carbocycles. The van der Waals surface area contributed by atoms with Gasteiger partial charge >= 0.3 is 5.97 Å². The van der Waals surface area contributed by atoms with Crippen molar-refractivity contribution in [1.29, 1.82) is 0 Å². The highest BCUT2D eigenvalue weighted by Crippen LogP contribution is 2.44. The molecule has 0 spiro atoms.